The second kappa shape index (κ2) is 4.70. The number of hydrogen-bond acceptors (Lipinski definition) is 3. The lowest BCUT2D eigenvalue weighted by atomic mass is 9.99. The van der Waals surface area contributed by atoms with Crippen LogP contribution in [0.3, 0.4) is 0 Å². The fraction of sp³-hybridized carbons (Fsp3) is 0.250. The molecular weight excluding hydrogens is 272 g/mol. The number of carbonyl (C=O) groups excluding carboxylic acids is 1. The van der Waals surface area contributed by atoms with Crippen molar-refractivity contribution >= 4 is 27.5 Å². The molecule has 84 valence electrons. The van der Waals surface area contributed by atoms with E-state index in [1.54, 1.807) is 0 Å². The van der Waals surface area contributed by atoms with Gasteiger partial charge in [0.05, 0.1) is 13.7 Å². The molecule has 3 nitrogen and oxygen atoms in total. The highest BCUT2D eigenvalue weighted by Gasteiger charge is 2.16. The maximum atomic E-state index is 11.2. The molecule has 1 heterocycles. The Hall–Kier alpha value is -1.29. The van der Waals surface area contributed by atoms with Gasteiger partial charge in [-0.25, -0.2) is 4.79 Å². The number of carbonyl (C=O) groups is 1. The van der Waals surface area contributed by atoms with Crippen LogP contribution in [0.1, 0.15) is 12.0 Å². The standard InChI is InChI=1S/C12H11BrO3/c1-15-12(14)6-8-4-5-16-11-7-9(13)2-3-10(8)11/h2-3,6-7H,4-5H2,1H3/b8-6+. The van der Waals surface area contributed by atoms with Crippen molar-refractivity contribution in [3.05, 3.63) is 34.3 Å². The molecule has 0 saturated heterocycles. The van der Waals surface area contributed by atoms with E-state index in [4.69, 9.17) is 4.74 Å². The third-order valence-corrected chi connectivity index (χ3v) is 2.91. The predicted octanol–water partition coefficient (Wildman–Crippen LogP) is 2.79. The SMILES string of the molecule is COC(=O)/C=C1\CCOc2cc(Br)ccc21. The summed E-state index contributed by atoms with van der Waals surface area (Å²) in [6.45, 7) is 0.590. The Morgan fingerprint density at radius 1 is 1.56 bits per heavy atom. The number of methoxy groups -OCH3 is 1. The third kappa shape index (κ3) is 2.27. The molecule has 0 atom stereocenters. The number of esters is 1. The van der Waals surface area contributed by atoms with E-state index in [-0.39, 0.29) is 5.97 Å². The van der Waals surface area contributed by atoms with Crippen LogP contribution in [0.2, 0.25) is 0 Å². The molecule has 2 rings (SSSR count). The summed E-state index contributed by atoms with van der Waals surface area (Å²) in [5.41, 5.74) is 1.92. The smallest absolute Gasteiger partial charge is 0.330 e. The molecule has 0 aromatic heterocycles. The van der Waals surface area contributed by atoms with E-state index in [0.29, 0.717) is 6.61 Å². The van der Waals surface area contributed by atoms with Crippen LogP contribution in [0.25, 0.3) is 5.57 Å². The molecule has 1 aromatic carbocycles. The molecular formula is C12H11BrO3. The molecule has 0 spiro atoms. The zero-order chi connectivity index (χ0) is 11.5. The van der Waals surface area contributed by atoms with Gasteiger partial charge in [-0.15, -0.1) is 0 Å². The van der Waals surface area contributed by atoms with Crippen molar-refractivity contribution in [2.75, 3.05) is 13.7 Å². The number of fused-ring (bicyclic) bond motifs is 1. The molecule has 1 aromatic rings. The van der Waals surface area contributed by atoms with Crippen molar-refractivity contribution in [2.45, 2.75) is 6.42 Å². The van der Waals surface area contributed by atoms with Gasteiger partial charge in [-0.1, -0.05) is 15.9 Å². The van der Waals surface area contributed by atoms with Crippen molar-refractivity contribution in [3.8, 4) is 5.75 Å². The monoisotopic (exact) mass is 282 g/mol. The van der Waals surface area contributed by atoms with Crippen molar-refractivity contribution < 1.29 is 14.3 Å². The van der Waals surface area contributed by atoms with E-state index in [1.165, 1.54) is 13.2 Å². The average Bonchev–Trinajstić information content (AvgIpc) is 2.28. The highest BCUT2D eigenvalue weighted by Crippen LogP contribution is 2.34. The lowest BCUT2D eigenvalue weighted by Gasteiger charge is -2.20. The van der Waals surface area contributed by atoms with E-state index < -0.39 is 0 Å². The Labute approximate surface area is 102 Å². The quantitative estimate of drug-likeness (QED) is 0.587. The van der Waals surface area contributed by atoms with Crippen LogP contribution >= 0.6 is 15.9 Å². The van der Waals surface area contributed by atoms with Crippen LogP contribution in [0.5, 0.6) is 5.75 Å². The van der Waals surface area contributed by atoms with Gasteiger partial charge in [0.25, 0.3) is 0 Å². The van der Waals surface area contributed by atoms with Crippen molar-refractivity contribution in [1.82, 2.24) is 0 Å². The van der Waals surface area contributed by atoms with Crippen LogP contribution in [0.15, 0.2) is 28.7 Å². The molecule has 0 unspecified atom stereocenters. The molecule has 0 bridgehead atoms. The zero-order valence-corrected chi connectivity index (χ0v) is 10.4. The summed E-state index contributed by atoms with van der Waals surface area (Å²) >= 11 is 3.38. The third-order valence-electron chi connectivity index (χ3n) is 2.41. The summed E-state index contributed by atoms with van der Waals surface area (Å²) in [6.07, 6.45) is 2.25. The first-order valence-corrected chi connectivity index (χ1v) is 5.71. The summed E-state index contributed by atoms with van der Waals surface area (Å²) in [6, 6.07) is 5.77. The summed E-state index contributed by atoms with van der Waals surface area (Å²) in [4.78, 5) is 11.2. The van der Waals surface area contributed by atoms with Gasteiger partial charge in [-0.2, -0.15) is 0 Å². The number of ether oxygens (including phenoxy) is 2. The fourth-order valence-electron chi connectivity index (χ4n) is 1.64. The second-order valence-electron chi connectivity index (χ2n) is 3.43. The number of hydrogen-bond donors (Lipinski definition) is 0. The van der Waals surface area contributed by atoms with Crippen LogP contribution in [0.4, 0.5) is 0 Å². The number of rotatable bonds is 1. The Morgan fingerprint density at radius 2 is 2.38 bits per heavy atom. The Bertz CT molecular complexity index is 452. The lowest BCUT2D eigenvalue weighted by Crippen LogP contribution is -2.09. The fourth-order valence-corrected chi connectivity index (χ4v) is 1.98. The van der Waals surface area contributed by atoms with Crippen LogP contribution < -0.4 is 4.74 Å². The van der Waals surface area contributed by atoms with Gasteiger partial charge >= 0.3 is 5.97 Å². The molecule has 0 fully saturated rings. The molecule has 0 N–H and O–H groups in total. The normalized spacial score (nSPS) is 16.5. The summed E-state index contributed by atoms with van der Waals surface area (Å²) in [5, 5.41) is 0. The van der Waals surface area contributed by atoms with Crippen molar-refractivity contribution in [1.29, 1.82) is 0 Å². The predicted molar refractivity (Wildman–Crippen MR) is 64.2 cm³/mol. The molecule has 16 heavy (non-hydrogen) atoms. The van der Waals surface area contributed by atoms with E-state index in [0.717, 1.165) is 27.8 Å². The van der Waals surface area contributed by atoms with Crippen LogP contribution in [0, 0.1) is 0 Å². The molecule has 1 aliphatic rings. The number of halogens is 1. The van der Waals surface area contributed by atoms with E-state index in [1.807, 2.05) is 18.2 Å². The topological polar surface area (TPSA) is 35.5 Å². The van der Waals surface area contributed by atoms with Gasteiger partial charge in [-0.3, -0.25) is 0 Å². The van der Waals surface area contributed by atoms with E-state index in [2.05, 4.69) is 20.7 Å². The molecule has 0 radical (unpaired) electrons. The maximum Gasteiger partial charge on any atom is 0.330 e. The van der Waals surface area contributed by atoms with Gasteiger partial charge in [-0.05, 0) is 23.8 Å². The Kier molecular flexibility index (Phi) is 3.29. The lowest BCUT2D eigenvalue weighted by molar-refractivity contribution is -0.134. The van der Waals surface area contributed by atoms with Crippen molar-refractivity contribution in [2.24, 2.45) is 0 Å². The van der Waals surface area contributed by atoms with Gasteiger partial charge in [0, 0.05) is 22.5 Å². The molecule has 4 heteroatoms. The van der Waals surface area contributed by atoms with Gasteiger partial charge in [0.2, 0.25) is 0 Å². The minimum absolute atomic E-state index is 0.328. The Morgan fingerprint density at radius 3 is 3.12 bits per heavy atom. The molecule has 0 aliphatic carbocycles. The van der Waals surface area contributed by atoms with Gasteiger partial charge in [0.1, 0.15) is 5.75 Å². The summed E-state index contributed by atoms with van der Waals surface area (Å²) in [5.74, 6) is 0.474. The van der Waals surface area contributed by atoms with Gasteiger partial charge < -0.3 is 9.47 Å². The van der Waals surface area contributed by atoms with Crippen LogP contribution in [-0.2, 0) is 9.53 Å². The molecule has 0 saturated carbocycles. The van der Waals surface area contributed by atoms with E-state index >= 15 is 0 Å². The highest BCUT2D eigenvalue weighted by molar-refractivity contribution is 9.10. The minimum atomic E-state index is -0.328. The average molecular weight is 283 g/mol. The summed E-state index contributed by atoms with van der Waals surface area (Å²) in [7, 11) is 1.38. The van der Waals surface area contributed by atoms with Crippen LogP contribution in [-0.4, -0.2) is 19.7 Å². The minimum Gasteiger partial charge on any atom is -0.493 e. The van der Waals surface area contributed by atoms with Gasteiger partial charge in [0.15, 0.2) is 0 Å². The highest BCUT2D eigenvalue weighted by atomic mass is 79.9. The summed E-state index contributed by atoms with van der Waals surface area (Å²) < 4.78 is 11.1. The first-order valence-electron chi connectivity index (χ1n) is 4.92. The first-order chi connectivity index (χ1) is 7.70. The second-order valence-corrected chi connectivity index (χ2v) is 4.35. The zero-order valence-electron chi connectivity index (χ0n) is 8.83. The Balaban J connectivity index is 2.40. The molecule has 1 aliphatic heterocycles. The largest absolute Gasteiger partial charge is 0.493 e. The maximum absolute atomic E-state index is 11.2. The number of benzene rings is 1. The van der Waals surface area contributed by atoms with E-state index in [9.17, 15) is 4.79 Å². The molecule has 0 amide bonds. The van der Waals surface area contributed by atoms with Crippen molar-refractivity contribution in [3.63, 3.8) is 0 Å². The first kappa shape index (κ1) is 11.2.